The number of ether oxygens (including phenoxy) is 1. The van der Waals surface area contributed by atoms with E-state index < -0.39 is 0 Å². The lowest BCUT2D eigenvalue weighted by Crippen LogP contribution is -2.44. The van der Waals surface area contributed by atoms with E-state index in [-0.39, 0.29) is 6.61 Å². The van der Waals surface area contributed by atoms with Crippen LogP contribution in [0.25, 0.3) is 0 Å². The van der Waals surface area contributed by atoms with Gasteiger partial charge in [-0.05, 0) is 18.9 Å². The average molecular weight is 247 g/mol. The van der Waals surface area contributed by atoms with Crippen molar-refractivity contribution in [2.75, 3.05) is 26.3 Å². The zero-order valence-corrected chi connectivity index (χ0v) is 10.7. The predicted molar refractivity (Wildman–Crippen MR) is 71.0 cm³/mol. The summed E-state index contributed by atoms with van der Waals surface area (Å²) in [4.78, 5) is 2.44. The topological polar surface area (TPSA) is 32.7 Å². The molecule has 1 aliphatic carbocycles. The average Bonchev–Trinajstić information content (AvgIpc) is 2.71. The Bertz CT molecular complexity index is 403. The maximum absolute atomic E-state index is 9.20. The third kappa shape index (κ3) is 2.25. The molecule has 1 atom stereocenters. The Morgan fingerprint density at radius 2 is 2.11 bits per heavy atom. The SMILES string of the molecule is OCCN(CC1COc2ccccc21)C1CCC1. The smallest absolute Gasteiger partial charge is 0.122 e. The zero-order valence-electron chi connectivity index (χ0n) is 10.7. The number of benzene rings is 1. The molecule has 1 aromatic carbocycles. The first-order valence-electron chi connectivity index (χ1n) is 6.95. The van der Waals surface area contributed by atoms with Gasteiger partial charge in [-0.2, -0.15) is 0 Å². The van der Waals surface area contributed by atoms with E-state index in [1.807, 2.05) is 6.07 Å². The van der Waals surface area contributed by atoms with Crippen LogP contribution < -0.4 is 4.74 Å². The number of hydrogen-bond donors (Lipinski definition) is 1. The van der Waals surface area contributed by atoms with Crippen molar-refractivity contribution in [3.05, 3.63) is 29.8 Å². The van der Waals surface area contributed by atoms with Crippen molar-refractivity contribution in [1.82, 2.24) is 4.90 Å². The second-order valence-corrected chi connectivity index (χ2v) is 5.35. The highest BCUT2D eigenvalue weighted by Crippen LogP contribution is 2.35. The lowest BCUT2D eigenvalue weighted by Gasteiger charge is -2.38. The normalized spacial score (nSPS) is 22.7. The number of nitrogens with zero attached hydrogens (tertiary/aromatic N) is 1. The summed E-state index contributed by atoms with van der Waals surface area (Å²) in [6, 6.07) is 9.02. The molecule has 2 aliphatic rings. The van der Waals surface area contributed by atoms with E-state index in [0.29, 0.717) is 12.0 Å². The summed E-state index contributed by atoms with van der Waals surface area (Å²) < 4.78 is 5.73. The largest absolute Gasteiger partial charge is 0.493 e. The number of aliphatic hydroxyl groups is 1. The maximum atomic E-state index is 9.20. The highest BCUT2D eigenvalue weighted by molar-refractivity contribution is 5.39. The third-order valence-electron chi connectivity index (χ3n) is 4.23. The van der Waals surface area contributed by atoms with Crippen LogP contribution in [0.4, 0.5) is 0 Å². The van der Waals surface area contributed by atoms with Gasteiger partial charge in [-0.3, -0.25) is 4.90 Å². The highest BCUT2D eigenvalue weighted by Gasteiger charge is 2.30. The minimum atomic E-state index is 0.256. The summed E-state index contributed by atoms with van der Waals surface area (Å²) in [6.07, 6.45) is 3.91. The molecule has 0 saturated heterocycles. The molecule has 18 heavy (non-hydrogen) atoms. The molecular formula is C15H21NO2. The summed E-state index contributed by atoms with van der Waals surface area (Å²) in [5, 5.41) is 9.20. The lowest BCUT2D eigenvalue weighted by molar-refractivity contribution is 0.0917. The van der Waals surface area contributed by atoms with Gasteiger partial charge in [0.15, 0.2) is 0 Å². The second kappa shape index (κ2) is 5.29. The van der Waals surface area contributed by atoms with Crippen molar-refractivity contribution in [2.24, 2.45) is 0 Å². The summed E-state index contributed by atoms with van der Waals surface area (Å²) in [6.45, 7) is 2.85. The molecule has 98 valence electrons. The standard InChI is InChI=1S/C15H21NO2/c17-9-8-16(13-4-3-5-13)10-12-11-18-15-7-2-1-6-14(12)15/h1-2,6-7,12-13,17H,3-5,8-11H2. The van der Waals surface area contributed by atoms with Gasteiger partial charge in [0, 0.05) is 30.6 Å². The van der Waals surface area contributed by atoms with Crippen LogP contribution in [0.15, 0.2) is 24.3 Å². The third-order valence-corrected chi connectivity index (χ3v) is 4.23. The molecule has 1 fully saturated rings. The van der Waals surface area contributed by atoms with E-state index in [1.54, 1.807) is 0 Å². The van der Waals surface area contributed by atoms with E-state index in [9.17, 15) is 5.11 Å². The minimum Gasteiger partial charge on any atom is -0.493 e. The molecule has 1 N–H and O–H groups in total. The Morgan fingerprint density at radius 3 is 2.83 bits per heavy atom. The van der Waals surface area contributed by atoms with Gasteiger partial charge in [0.05, 0.1) is 13.2 Å². The Labute approximate surface area is 108 Å². The van der Waals surface area contributed by atoms with Crippen LogP contribution in [0.3, 0.4) is 0 Å². The summed E-state index contributed by atoms with van der Waals surface area (Å²) in [5.74, 6) is 1.51. The maximum Gasteiger partial charge on any atom is 0.122 e. The van der Waals surface area contributed by atoms with Gasteiger partial charge in [-0.25, -0.2) is 0 Å². The molecule has 3 heteroatoms. The fourth-order valence-corrected chi connectivity index (χ4v) is 2.97. The molecular weight excluding hydrogens is 226 g/mol. The molecule has 0 aromatic heterocycles. The molecule has 0 bridgehead atoms. The Morgan fingerprint density at radius 1 is 1.28 bits per heavy atom. The summed E-state index contributed by atoms with van der Waals surface area (Å²) in [7, 11) is 0. The highest BCUT2D eigenvalue weighted by atomic mass is 16.5. The molecule has 1 aliphatic heterocycles. The van der Waals surface area contributed by atoms with Crippen molar-refractivity contribution < 1.29 is 9.84 Å². The van der Waals surface area contributed by atoms with E-state index in [4.69, 9.17) is 4.74 Å². The summed E-state index contributed by atoms with van der Waals surface area (Å²) in [5.41, 5.74) is 1.33. The molecule has 0 radical (unpaired) electrons. The van der Waals surface area contributed by atoms with Crippen molar-refractivity contribution in [1.29, 1.82) is 0 Å². The van der Waals surface area contributed by atoms with Crippen LogP contribution in [0, 0.1) is 0 Å². The van der Waals surface area contributed by atoms with Crippen LogP contribution in [0.1, 0.15) is 30.7 Å². The van der Waals surface area contributed by atoms with Crippen molar-refractivity contribution in [3.8, 4) is 5.75 Å². The Kier molecular flexibility index (Phi) is 3.52. The fourth-order valence-electron chi connectivity index (χ4n) is 2.97. The molecule has 1 saturated carbocycles. The molecule has 3 nitrogen and oxygen atoms in total. The number of para-hydroxylation sites is 1. The number of rotatable bonds is 5. The van der Waals surface area contributed by atoms with Crippen LogP contribution in [-0.2, 0) is 0 Å². The zero-order chi connectivity index (χ0) is 12.4. The fraction of sp³-hybridized carbons (Fsp3) is 0.600. The van der Waals surface area contributed by atoms with E-state index >= 15 is 0 Å². The second-order valence-electron chi connectivity index (χ2n) is 5.35. The van der Waals surface area contributed by atoms with Crippen LogP contribution in [0.5, 0.6) is 5.75 Å². The first-order chi connectivity index (χ1) is 8.88. The minimum absolute atomic E-state index is 0.256. The molecule has 0 amide bonds. The van der Waals surface area contributed by atoms with Crippen LogP contribution >= 0.6 is 0 Å². The van der Waals surface area contributed by atoms with E-state index in [2.05, 4.69) is 23.1 Å². The Hall–Kier alpha value is -1.06. The molecule has 0 spiro atoms. The monoisotopic (exact) mass is 247 g/mol. The molecule has 3 rings (SSSR count). The van der Waals surface area contributed by atoms with E-state index in [1.165, 1.54) is 24.8 Å². The number of aliphatic hydroxyl groups excluding tert-OH is 1. The Balaban J connectivity index is 1.68. The van der Waals surface area contributed by atoms with E-state index in [0.717, 1.165) is 25.4 Å². The predicted octanol–water partition coefficient (Wildman–Crippen LogP) is 2.01. The van der Waals surface area contributed by atoms with Gasteiger partial charge >= 0.3 is 0 Å². The summed E-state index contributed by atoms with van der Waals surface area (Å²) >= 11 is 0. The number of hydrogen-bond acceptors (Lipinski definition) is 3. The first-order valence-corrected chi connectivity index (χ1v) is 6.95. The van der Waals surface area contributed by atoms with Crippen LogP contribution in [0.2, 0.25) is 0 Å². The first kappa shape index (κ1) is 12.0. The van der Waals surface area contributed by atoms with Gasteiger partial charge < -0.3 is 9.84 Å². The van der Waals surface area contributed by atoms with Gasteiger partial charge in [0.25, 0.3) is 0 Å². The van der Waals surface area contributed by atoms with Crippen LogP contribution in [-0.4, -0.2) is 42.4 Å². The molecule has 1 aromatic rings. The van der Waals surface area contributed by atoms with Gasteiger partial charge in [-0.15, -0.1) is 0 Å². The van der Waals surface area contributed by atoms with Gasteiger partial charge in [0.2, 0.25) is 0 Å². The van der Waals surface area contributed by atoms with Crippen molar-refractivity contribution >= 4 is 0 Å². The van der Waals surface area contributed by atoms with Gasteiger partial charge in [0.1, 0.15) is 5.75 Å². The van der Waals surface area contributed by atoms with Gasteiger partial charge in [-0.1, -0.05) is 24.6 Å². The molecule has 1 unspecified atom stereocenters. The lowest BCUT2D eigenvalue weighted by atomic mass is 9.90. The number of fused-ring (bicyclic) bond motifs is 1. The van der Waals surface area contributed by atoms with Crippen molar-refractivity contribution in [3.63, 3.8) is 0 Å². The quantitative estimate of drug-likeness (QED) is 0.864. The molecule has 1 heterocycles. The van der Waals surface area contributed by atoms with Crippen molar-refractivity contribution in [2.45, 2.75) is 31.2 Å².